The highest BCUT2D eigenvalue weighted by molar-refractivity contribution is 9.10. The van der Waals surface area contributed by atoms with E-state index in [1.807, 2.05) is 24.5 Å². The summed E-state index contributed by atoms with van der Waals surface area (Å²) in [6, 6.07) is 5.95. The van der Waals surface area contributed by atoms with Gasteiger partial charge < -0.3 is 9.88 Å². The Kier molecular flexibility index (Phi) is 5.64. The predicted octanol–water partition coefficient (Wildman–Crippen LogP) is 4.09. The van der Waals surface area contributed by atoms with E-state index >= 15 is 0 Å². The van der Waals surface area contributed by atoms with Crippen LogP contribution in [0.1, 0.15) is 25.1 Å². The van der Waals surface area contributed by atoms with E-state index in [9.17, 15) is 0 Å². The molecule has 0 atom stereocenters. The Morgan fingerprint density at radius 1 is 1.40 bits per heavy atom. The van der Waals surface area contributed by atoms with Crippen molar-refractivity contribution in [2.45, 2.75) is 26.9 Å². The number of hydrogen-bond acceptors (Lipinski definition) is 2. The maximum absolute atomic E-state index is 6.23. The molecular formula is C15H19BrClN3. The molecule has 0 aliphatic rings. The third-order valence-electron chi connectivity index (χ3n) is 2.91. The quantitative estimate of drug-likeness (QED) is 0.844. The molecule has 108 valence electrons. The minimum absolute atomic E-state index is 0.652. The molecule has 2 aromatic rings. The lowest BCUT2D eigenvalue weighted by molar-refractivity contribution is 0.548. The van der Waals surface area contributed by atoms with Gasteiger partial charge >= 0.3 is 0 Å². The van der Waals surface area contributed by atoms with Crippen molar-refractivity contribution >= 4 is 27.5 Å². The summed E-state index contributed by atoms with van der Waals surface area (Å²) in [5.74, 6) is 0.652. The Labute approximate surface area is 133 Å². The van der Waals surface area contributed by atoms with E-state index in [2.05, 4.69) is 50.8 Å². The largest absolute Gasteiger partial charge is 0.333 e. The van der Waals surface area contributed by atoms with Gasteiger partial charge in [0.25, 0.3) is 0 Å². The molecule has 0 aliphatic carbocycles. The molecule has 5 heteroatoms. The Balaban J connectivity index is 1.95. The van der Waals surface area contributed by atoms with Gasteiger partial charge in [-0.05, 0) is 30.2 Å². The van der Waals surface area contributed by atoms with Crippen molar-refractivity contribution in [1.82, 2.24) is 14.9 Å². The summed E-state index contributed by atoms with van der Waals surface area (Å²) >= 11 is 9.64. The van der Waals surface area contributed by atoms with Gasteiger partial charge in [0.15, 0.2) is 0 Å². The molecular weight excluding hydrogens is 338 g/mol. The number of nitrogens with zero attached hydrogens (tertiary/aromatic N) is 2. The normalized spacial score (nSPS) is 11.2. The zero-order valence-electron chi connectivity index (χ0n) is 11.7. The summed E-state index contributed by atoms with van der Waals surface area (Å²) in [4.78, 5) is 4.40. The lowest BCUT2D eigenvalue weighted by Crippen LogP contribution is -2.19. The number of rotatable bonds is 6. The number of benzene rings is 1. The van der Waals surface area contributed by atoms with Crippen molar-refractivity contribution in [3.05, 3.63) is 51.5 Å². The number of halogens is 2. The van der Waals surface area contributed by atoms with Crippen molar-refractivity contribution in [2.24, 2.45) is 5.92 Å². The van der Waals surface area contributed by atoms with E-state index in [0.29, 0.717) is 5.92 Å². The second-order valence-corrected chi connectivity index (χ2v) is 6.62. The topological polar surface area (TPSA) is 29.9 Å². The summed E-state index contributed by atoms with van der Waals surface area (Å²) in [7, 11) is 0. The summed E-state index contributed by atoms with van der Waals surface area (Å²) in [5.41, 5.74) is 2.15. The third kappa shape index (κ3) is 4.62. The Morgan fingerprint density at radius 2 is 2.20 bits per heavy atom. The molecule has 0 amide bonds. The Bertz CT molecular complexity index is 566. The standard InChI is InChI=1S/C15H19BrClN3/c1-11(2)6-18-7-14-9-20(10-19-14)8-12-3-4-13(16)5-15(12)17/h3-5,9-11,18H,6-8H2,1-2H3. The lowest BCUT2D eigenvalue weighted by Gasteiger charge is -2.06. The third-order valence-corrected chi connectivity index (χ3v) is 3.76. The van der Waals surface area contributed by atoms with Crippen LogP contribution in [0.3, 0.4) is 0 Å². The van der Waals surface area contributed by atoms with Crippen LogP contribution in [0.25, 0.3) is 0 Å². The van der Waals surface area contributed by atoms with Crippen molar-refractivity contribution < 1.29 is 0 Å². The van der Waals surface area contributed by atoms with Gasteiger partial charge in [0.2, 0.25) is 0 Å². The summed E-state index contributed by atoms with van der Waals surface area (Å²) in [6.07, 6.45) is 3.91. The first-order chi connectivity index (χ1) is 9.54. The van der Waals surface area contributed by atoms with Gasteiger partial charge in [-0.1, -0.05) is 47.4 Å². The van der Waals surface area contributed by atoms with Crippen LogP contribution in [0.15, 0.2) is 35.2 Å². The van der Waals surface area contributed by atoms with Crippen LogP contribution in [0.2, 0.25) is 5.02 Å². The van der Waals surface area contributed by atoms with E-state index in [4.69, 9.17) is 11.6 Å². The zero-order chi connectivity index (χ0) is 14.5. The van der Waals surface area contributed by atoms with Crippen molar-refractivity contribution in [3.8, 4) is 0 Å². The zero-order valence-corrected chi connectivity index (χ0v) is 14.1. The molecule has 0 radical (unpaired) electrons. The minimum Gasteiger partial charge on any atom is -0.333 e. The van der Waals surface area contributed by atoms with Gasteiger partial charge in [-0.15, -0.1) is 0 Å². The molecule has 0 spiro atoms. The van der Waals surface area contributed by atoms with E-state index in [-0.39, 0.29) is 0 Å². The number of aromatic nitrogens is 2. The lowest BCUT2D eigenvalue weighted by atomic mass is 10.2. The Hall–Kier alpha value is -0.840. The van der Waals surface area contributed by atoms with Crippen molar-refractivity contribution in [2.75, 3.05) is 6.54 Å². The maximum Gasteiger partial charge on any atom is 0.0953 e. The van der Waals surface area contributed by atoms with Crippen LogP contribution < -0.4 is 5.32 Å². The first kappa shape index (κ1) is 15.5. The second kappa shape index (κ2) is 7.25. The van der Waals surface area contributed by atoms with Gasteiger partial charge in [-0.3, -0.25) is 0 Å². The molecule has 0 saturated heterocycles. The molecule has 0 aliphatic heterocycles. The van der Waals surface area contributed by atoms with Crippen LogP contribution in [0, 0.1) is 5.92 Å². The molecule has 0 fully saturated rings. The number of imidazole rings is 1. The van der Waals surface area contributed by atoms with E-state index in [0.717, 1.165) is 40.4 Å². The molecule has 1 N–H and O–H groups in total. The highest BCUT2D eigenvalue weighted by atomic mass is 79.9. The average Bonchev–Trinajstić information content (AvgIpc) is 2.80. The molecule has 2 rings (SSSR count). The summed E-state index contributed by atoms with van der Waals surface area (Å²) in [6.45, 7) is 6.94. The maximum atomic E-state index is 6.23. The Morgan fingerprint density at radius 3 is 2.90 bits per heavy atom. The van der Waals surface area contributed by atoms with Crippen LogP contribution in [0.5, 0.6) is 0 Å². The average molecular weight is 357 g/mol. The fourth-order valence-corrected chi connectivity index (χ4v) is 2.65. The van der Waals surface area contributed by atoms with Crippen LogP contribution >= 0.6 is 27.5 Å². The first-order valence-electron chi connectivity index (χ1n) is 6.70. The number of hydrogen-bond donors (Lipinski definition) is 1. The molecule has 1 aromatic heterocycles. The van der Waals surface area contributed by atoms with Gasteiger partial charge in [0.1, 0.15) is 0 Å². The van der Waals surface area contributed by atoms with Gasteiger partial charge in [-0.2, -0.15) is 0 Å². The van der Waals surface area contributed by atoms with Crippen LogP contribution in [-0.2, 0) is 13.1 Å². The highest BCUT2D eigenvalue weighted by Gasteiger charge is 2.04. The van der Waals surface area contributed by atoms with Crippen LogP contribution in [-0.4, -0.2) is 16.1 Å². The molecule has 0 saturated carbocycles. The summed E-state index contributed by atoms with van der Waals surface area (Å²) in [5, 5.41) is 4.16. The molecule has 1 heterocycles. The fraction of sp³-hybridized carbons (Fsp3) is 0.400. The highest BCUT2D eigenvalue weighted by Crippen LogP contribution is 2.22. The molecule has 3 nitrogen and oxygen atoms in total. The predicted molar refractivity (Wildman–Crippen MR) is 87.0 cm³/mol. The van der Waals surface area contributed by atoms with E-state index in [1.54, 1.807) is 0 Å². The van der Waals surface area contributed by atoms with Gasteiger partial charge in [0, 0.05) is 28.8 Å². The minimum atomic E-state index is 0.652. The molecule has 20 heavy (non-hydrogen) atoms. The van der Waals surface area contributed by atoms with Crippen molar-refractivity contribution in [3.63, 3.8) is 0 Å². The SMILES string of the molecule is CC(C)CNCc1cn(Cc2ccc(Br)cc2Cl)cn1. The summed E-state index contributed by atoms with van der Waals surface area (Å²) < 4.78 is 3.05. The van der Waals surface area contributed by atoms with Gasteiger partial charge in [-0.25, -0.2) is 4.98 Å². The smallest absolute Gasteiger partial charge is 0.0953 e. The van der Waals surface area contributed by atoms with Gasteiger partial charge in [0.05, 0.1) is 12.0 Å². The van der Waals surface area contributed by atoms with E-state index < -0.39 is 0 Å². The second-order valence-electron chi connectivity index (χ2n) is 5.30. The first-order valence-corrected chi connectivity index (χ1v) is 7.87. The monoisotopic (exact) mass is 355 g/mol. The number of nitrogens with one attached hydrogen (secondary N) is 1. The fourth-order valence-electron chi connectivity index (χ4n) is 1.92. The molecule has 1 aromatic carbocycles. The van der Waals surface area contributed by atoms with Crippen molar-refractivity contribution in [1.29, 1.82) is 0 Å². The van der Waals surface area contributed by atoms with Crippen LogP contribution in [0.4, 0.5) is 0 Å². The molecule has 0 unspecified atom stereocenters. The molecule has 0 bridgehead atoms. The van der Waals surface area contributed by atoms with E-state index in [1.165, 1.54) is 0 Å².